The van der Waals surface area contributed by atoms with Gasteiger partial charge in [-0.2, -0.15) is 0 Å². The van der Waals surface area contributed by atoms with Gasteiger partial charge in [0, 0.05) is 6.42 Å². The van der Waals surface area contributed by atoms with E-state index in [2.05, 4.69) is 0 Å². The molecular formula is C9H13NO3. The highest BCUT2D eigenvalue weighted by Crippen LogP contribution is 2.20. The number of furan rings is 1. The van der Waals surface area contributed by atoms with Gasteiger partial charge >= 0.3 is 5.97 Å². The number of nitrogens with two attached hydrogens (primary N) is 1. The number of hydrogen-bond donors (Lipinski definition) is 2. The van der Waals surface area contributed by atoms with Gasteiger partial charge in [-0.1, -0.05) is 6.92 Å². The second-order valence-electron chi connectivity index (χ2n) is 3.13. The second-order valence-corrected chi connectivity index (χ2v) is 3.13. The molecule has 0 spiro atoms. The Morgan fingerprint density at radius 1 is 1.69 bits per heavy atom. The van der Waals surface area contributed by atoms with Crippen LogP contribution in [0.25, 0.3) is 0 Å². The van der Waals surface area contributed by atoms with Crippen LogP contribution in [0.1, 0.15) is 25.4 Å². The predicted molar refractivity (Wildman–Crippen MR) is 47.3 cm³/mol. The van der Waals surface area contributed by atoms with Crippen LogP contribution in [0.4, 0.5) is 0 Å². The second kappa shape index (κ2) is 3.22. The molecule has 1 heterocycles. The smallest absolute Gasteiger partial charge is 0.331 e. The van der Waals surface area contributed by atoms with Crippen LogP contribution in [0, 0.1) is 0 Å². The molecule has 0 aromatic carbocycles. The number of carbonyl (C=O) groups is 1. The molecule has 0 unspecified atom stereocenters. The number of rotatable bonds is 3. The molecule has 0 saturated heterocycles. The maximum atomic E-state index is 10.7. The molecule has 13 heavy (non-hydrogen) atoms. The summed E-state index contributed by atoms with van der Waals surface area (Å²) >= 11 is 0. The Labute approximate surface area is 76.3 Å². The van der Waals surface area contributed by atoms with Crippen molar-refractivity contribution in [2.24, 2.45) is 5.73 Å². The van der Waals surface area contributed by atoms with Gasteiger partial charge in [0.2, 0.25) is 0 Å². The third kappa shape index (κ3) is 1.72. The molecule has 0 radical (unpaired) electrons. The minimum atomic E-state index is -1.44. The summed E-state index contributed by atoms with van der Waals surface area (Å²) in [7, 11) is 0. The lowest BCUT2D eigenvalue weighted by Gasteiger charge is -2.15. The molecule has 0 saturated carbocycles. The minimum absolute atomic E-state index is 0.289. The van der Waals surface area contributed by atoms with Crippen molar-refractivity contribution >= 4 is 5.97 Å². The highest BCUT2D eigenvalue weighted by molar-refractivity contribution is 5.78. The summed E-state index contributed by atoms with van der Waals surface area (Å²) in [6.07, 6.45) is 0.732. The number of carboxylic acids is 1. The standard InChI is InChI=1S/C9H13NO3/c1-3-6-4-5-7(13-6)9(2,10)8(11)12/h4-5H,3,10H2,1-2H3,(H,11,12)/t9-/m1/s1. The van der Waals surface area contributed by atoms with Crippen molar-refractivity contribution < 1.29 is 14.3 Å². The van der Waals surface area contributed by atoms with E-state index in [0.717, 1.165) is 12.2 Å². The van der Waals surface area contributed by atoms with E-state index in [0.29, 0.717) is 0 Å². The molecule has 0 fully saturated rings. The molecule has 1 aromatic heterocycles. The Bertz CT molecular complexity index is 314. The highest BCUT2D eigenvalue weighted by atomic mass is 16.4. The highest BCUT2D eigenvalue weighted by Gasteiger charge is 2.33. The number of aryl methyl sites for hydroxylation is 1. The topological polar surface area (TPSA) is 76.5 Å². The van der Waals surface area contributed by atoms with Gasteiger partial charge in [0.05, 0.1) is 0 Å². The van der Waals surface area contributed by atoms with Gasteiger partial charge < -0.3 is 15.3 Å². The zero-order valence-electron chi connectivity index (χ0n) is 7.70. The van der Waals surface area contributed by atoms with Gasteiger partial charge in [0.1, 0.15) is 11.5 Å². The zero-order valence-corrected chi connectivity index (χ0v) is 7.70. The monoisotopic (exact) mass is 183 g/mol. The quantitative estimate of drug-likeness (QED) is 0.735. The molecule has 1 rings (SSSR count). The first-order valence-electron chi connectivity index (χ1n) is 4.10. The van der Waals surface area contributed by atoms with Crippen molar-refractivity contribution in [3.05, 3.63) is 23.7 Å². The summed E-state index contributed by atoms with van der Waals surface area (Å²) in [5.41, 5.74) is 4.12. The lowest BCUT2D eigenvalue weighted by Crippen LogP contribution is -2.41. The molecule has 4 heteroatoms. The van der Waals surface area contributed by atoms with E-state index < -0.39 is 11.5 Å². The van der Waals surface area contributed by atoms with E-state index >= 15 is 0 Å². The SMILES string of the molecule is CCc1ccc([C@@](C)(N)C(=O)O)o1. The lowest BCUT2D eigenvalue weighted by molar-refractivity contribution is -0.143. The fourth-order valence-electron chi connectivity index (χ4n) is 0.952. The Balaban J connectivity index is 3.00. The fourth-order valence-corrected chi connectivity index (χ4v) is 0.952. The first-order valence-corrected chi connectivity index (χ1v) is 4.10. The predicted octanol–water partition coefficient (Wildman–Crippen LogP) is 1.10. The molecule has 0 aliphatic carbocycles. The summed E-state index contributed by atoms with van der Waals surface area (Å²) in [5.74, 6) is -0.0609. The first kappa shape index (κ1) is 9.80. The maximum absolute atomic E-state index is 10.7. The third-order valence-corrected chi connectivity index (χ3v) is 1.97. The van der Waals surface area contributed by atoms with Crippen molar-refractivity contribution in [3.63, 3.8) is 0 Å². The van der Waals surface area contributed by atoms with Crippen molar-refractivity contribution in [1.29, 1.82) is 0 Å². The van der Waals surface area contributed by atoms with E-state index in [1.54, 1.807) is 12.1 Å². The molecule has 0 aliphatic heterocycles. The number of aliphatic carboxylic acids is 1. The summed E-state index contributed by atoms with van der Waals surface area (Å²) in [5, 5.41) is 8.79. The Kier molecular flexibility index (Phi) is 2.43. The number of carboxylic acid groups (broad SMARTS) is 1. The molecule has 72 valence electrons. The number of hydrogen-bond acceptors (Lipinski definition) is 3. The lowest BCUT2D eigenvalue weighted by atomic mass is 10.0. The van der Waals surface area contributed by atoms with Gasteiger partial charge in [0.25, 0.3) is 0 Å². The normalized spacial score (nSPS) is 15.3. The van der Waals surface area contributed by atoms with E-state index in [9.17, 15) is 4.79 Å². The fraction of sp³-hybridized carbons (Fsp3) is 0.444. The van der Waals surface area contributed by atoms with Crippen LogP contribution in [-0.2, 0) is 16.8 Å². The van der Waals surface area contributed by atoms with Crippen LogP contribution >= 0.6 is 0 Å². The average Bonchev–Trinajstić information content (AvgIpc) is 2.51. The van der Waals surface area contributed by atoms with Gasteiger partial charge in [0.15, 0.2) is 5.54 Å². The Hall–Kier alpha value is -1.29. The van der Waals surface area contributed by atoms with Crippen LogP contribution in [0.2, 0.25) is 0 Å². The van der Waals surface area contributed by atoms with E-state index in [-0.39, 0.29) is 5.76 Å². The molecule has 0 bridgehead atoms. The van der Waals surface area contributed by atoms with Crippen molar-refractivity contribution in [2.45, 2.75) is 25.8 Å². The minimum Gasteiger partial charge on any atom is -0.480 e. The first-order chi connectivity index (χ1) is 5.98. The largest absolute Gasteiger partial charge is 0.480 e. The van der Waals surface area contributed by atoms with Crippen LogP contribution in [0.15, 0.2) is 16.5 Å². The molecule has 3 N–H and O–H groups in total. The maximum Gasteiger partial charge on any atom is 0.331 e. The zero-order chi connectivity index (χ0) is 10.1. The van der Waals surface area contributed by atoms with Gasteiger partial charge in [-0.15, -0.1) is 0 Å². The van der Waals surface area contributed by atoms with Crippen LogP contribution in [0.3, 0.4) is 0 Å². The molecule has 1 atom stereocenters. The summed E-state index contributed by atoms with van der Waals surface area (Å²) in [6, 6.07) is 3.34. The van der Waals surface area contributed by atoms with E-state index in [1.165, 1.54) is 6.92 Å². The summed E-state index contributed by atoms with van der Waals surface area (Å²) in [4.78, 5) is 10.7. The van der Waals surface area contributed by atoms with Crippen molar-refractivity contribution in [3.8, 4) is 0 Å². The van der Waals surface area contributed by atoms with Crippen LogP contribution in [0.5, 0.6) is 0 Å². The molecule has 1 aromatic rings. The van der Waals surface area contributed by atoms with Gasteiger partial charge in [-0.3, -0.25) is 0 Å². The van der Waals surface area contributed by atoms with Crippen molar-refractivity contribution in [2.75, 3.05) is 0 Å². The Morgan fingerprint density at radius 2 is 2.31 bits per heavy atom. The van der Waals surface area contributed by atoms with E-state index in [1.807, 2.05) is 6.92 Å². The van der Waals surface area contributed by atoms with Gasteiger partial charge in [-0.05, 0) is 19.1 Å². The summed E-state index contributed by atoms with van der Waals surface area (Å²) < 4.78 is 5.25. The van der Waals surface area contributed by atoms with Gasteiger partial charge in [-0.25, -0.2) is 4.79 Å². The van der Waals surface area contributed by atoms with Crippen molar-refractivity contribution in [1.82, 2.24) is 0 Å². The summed E-state index contributed by atoms with van der Waals surface area (Å²) in [6.45, 7) is 3.34. The molecule has 0 aliphatic rings. The van der Waals surface area contributed by atoms with E-state index in [4.69, 9.17) is 15.3 Å². The Morgan fingerprint density at radius 3 is 2.69 bits per heavy atom. The van der Waals surface area contributed by atoms with Crippen LogP contribution in [-0.4, -0.2) is 11.1 Å². The van der Waals surface area contributed by atoms with Crippen LogP contribution < -0.4 is 5.73 Å². The molecule has 0 amide bonds. The average molecular weight is 183 g/mol. The molecular weight excluding hydrogens is 170 g/mol. The third-order valence-electron chi connectivity index (χ3n) is 1.97. The molecule has 4 nitrogen and oxygen atoms in total.